The Morgan fingerprint density at radius 2 is 1.79 bits per heavy atom. The lowest BCUT2D eigenvalue weighted by Gasteiger charge is -2.34. The summed E-state index contributed by atoms with van der Waals surface area (Å²) >= 11 is 0. The van der Waals surface area contributed by atoms with Crippen molar-refractivity contribution in [1.82, 2.24) is 14.3 Å². The minimum atomic E-state index is -0.0303. The van der Waals surface area contributed by atoms with E-state index in [9.17, 15) is 4.79 Å². The van der Waals surface area contributed by atoms with Gasteiger partial charge in [-0.05, 0) is 48.5 Å². The fourth-order valence-corrected chi connectivity index (χ4v) is 3.85. The molecule has 1 aromatic carbocycles. The highest BCUT2D eigenvalue weighted by molar-refractivity contribution is 5.81. The van der Waals surface area contributed by atoms with Gasteiger partial charge in [-0.3, -0.25) is 9.20 Å². The summed E-state index contributed by atoms with van der Waals surface area (Å²) in [6, 6.07) is 13.7. The quantitative estimate of drug-likeness (QED) is 0.539. The lowest BCUT2D eigenvalue weighted by molar-refractivity contribution is 0.313. The van der Waals surface area contributed by atoms with Crippen LogP contribution in [-0.2, 0) is 0 Å². The van der Waals surface area contributed by atoms with E-state index >= 15 is 0 Å². The molecule has 1 aliphatic heterocycles. The maximum absolute atomic E-state index is 12.8. The number of benzene rings is 1. The van der Waals surface area contributed by atoms with Crippen LogP contribution in [-0.4, -0.2) is 47.5 Å². The van der Waals surface area contributed by atoms with Crippen molar-refractivity contribution in [3.8, 4) is 11.1 Å². The molecule has 6 heteroatoms. The number of hydrogen-bond donors (Lipinski definition) is 0. The molecule has 0 spiro atoms. The van der Waals surface area contributed by atoms with Crippen LogP contribution >= 0.6 is 0 Å². The smallest absolute Gasteiger partial charge is 0.255 e. The van der Waals surface area contributed by atoms with Crippen molar-refractivity contribution in [2.24, 2.45) is 0 Å². The number of nitrogens with zero attached hydrogens (tertiary/aromatic N) is 4. The maximum atomic E-state index is 12.8. The molecule has 6 nitrogen and oxygen atoms in total. The molecule has 3 aromatic heterocycles. The van der Waals surface area contributed by atoms with Crippen LogP contribution in [0.4, 0.5) is 5.69 Å². The summed E-state index contributed by atoms with van der Waals surface area (Å²) in [7, 11) is 2.14. The van der Waals surface area contributed by atoms with Gasteiger partial charge in [0.25, 0.3) is 5.56 Å². The fourth-order valence-electron chi connectivity index (χ4n) is 3.85. The molecule has 4 aromatic rings. The van der Waals surface area contributed by atoms with E-state index in [1.165, 1.54) is 0 Å². The van der Waals surface area contributed by atoms with Crippen molar-refractivity contribution in [3.05, 3.63) is 64.9 Å². The maximum Gasteiger partial charge on any atom is 0.255 e. The molecule has 1 fully saturated rings. The normalized spacial score (nSPS) is 15.6. The third-order valence-corrected chi connectivity index (χ3v) is 5.48. The van der Waals surface area contributed by atoms with Crippen LogP contribution in [0.25, 0.3) is 27.7 Å². The van der Waals surface area contributed by atoms with E-state index in [1.807, 2.05) is 43.5 Å². The zero-order chi connectivity index (χ0) is 19.3. The number of oxazole rings is 1. The summed E-state index contributed by atoms with van der Waals surface area (Å²) < 4.78 is 7.37. The van der Waals surface area contributed by atoms with Gasteiger partial charge >= 0.3 is 0 Å². The largest absolute Gasteiger partial charge is 0.441 e. The predicted molar refractivity (Wildman–Crippen MR) is 111 cm³/mol. The van der Waals surface area contributed by atoms with Crippen molar-refractivity contribution < 1.29 is 4.42 Å². The molecule has 142 valence electrons. The molecule has 1 saturated heterocycles. The van der Waals surface area contributed by atoms with E-state index in [1.54, 1.807) is 10.5 Å². The van der Waals surface area contributed by atoms with Crippen LogP contribution in [0.3, 0.4) is 0 Å². The van der Waals surface area contributed by atoms with Crippen LogP contribution in [0.1, 0.15) is 5.89 Å². The lowest BCUT2D eigenvalue weighted by atomic mass is 10.1. The number of hydrogen-bond acceptors (Lipinski definition) is 5. The summed E-state index contributed by atoms with van der Waals surface area (Å²) in [5.74, 6) is 0.641. The minimum Gasteiger partial charge on any atom is -0.441 e. The Morgan fingerprint density at radius 3 is 2.61 bits per heavy atom. The Hall–Kier alpha value is -3.12. The average molecular weight is 374 g/mol. The second-order valence-electron chi connectivity index (χ2n) is 7.47. The summed E-state index contributed by atoms with van der Waals surface area (Å²) in [5.41, 5.74) is 5.34. The monoisotopic (exact) mass is 374 g/mol. The van der Waals surface area contributed by atoms with Crippen LogP contribution in [0, 0.1) is 6.92 Å². The first-order valence-electron chi connectivity index (χ1n) is 9.54. The highest BCUT2D eigenvalue weighted by Gasteiger charge is 2.15. The molecule has 0 aliphatic carbocycles. The number of rotatable bonds is 2. The third kappa shape index (κ3) is 2.96. The zero-order valence-electron chi connectivity index (χ0n) is 16.1. The van der Waals surface area contributed by atoms with Gasteiger partial charge in [-0.2, -0.15) is 0 Å². The van der Waals surface area contributed by atoms with E-state index < -0.39 is 0 Å². The van der Waals surface area contributed by atoms with Gasteiger partial charge in [-0.1, -0.05) is 6.07 Å². The molecule has 0 N–H and O–H groups in total. The topological polar surface area (TPSA) is 54.0 Å². The Labute approximate surface area is 162 Å². The van der Waals surface area contributed by atoms with Gasteiger partial charge in [0.2, 0.25) is 0 Å². The van der Waals surface area contributed by atoms with Crippen molar-refractivity contribution in [2.45, 2.75) is 6.92 Å². The molecule has 0 radical (unpaired) electrons. The standard InChI is InChI=1S/C22H22N4O2/c1-15-23-20-6-3-16(12-21(20)28-15)17-11-18-4-5-19(14-26(18)22(27)13-17)25-9-7-24(2)8-10-25/h3-6,11-14H,7-10H2,1-2H3. The highest BCUT2D eigenvalue weighted by Crippen LogP contribution is 2.26. The van der Waals surface area contributed by atoms with Gasteiger partial charge in [0, 0.05) is 50.9 Å². The molecule has 0 amide bonds. The zero-order valence-corrected chi connectivity index (χ0v) is 16.1. The van der Waals surface area contributed by atoms with Gasteiger partial charge in [-0.25, -0.2) is 4.98 Å². The third-order valence-electron chi connectivity index (χ3n) is 5.48. The first-order chi connectivity index (χ1) is 13.6. The molecular formula is C22H22N4O2. The van der Waals surface area contributed by atoms with Gasteiger partial charge in [0.15, 0.2) is 11.5 Å². The molecule has 1 aliphatic rings. The molecule has 0 atom stereocenters. The van der Waals surface area contributed by atoms with Crippen molar-refractivity contribution >= 4 is 22.3 Å². The van der Waals surface area contributed by atoms with Crippen molar-refractivity contribution in [1.29, 1.82) is 0 Å². The number of pyridine rings is 2. The van der Waals surface area contributed by atoms with E-state index in [-0.39, 0.29) is 5.56 Å². The number of anilines is 1. The van der Waals surface area contributed by atoms with Gasteiger partial charge < -0.3 is 14.2 Å². The van der Waals surface area contributed by atoms with E-state index in [0.29, 0.717) is 5.89 Å². The number of aryl methyl sites for hydroxylation is 1. The molecule has 4 heterocycles. The first kappa shape index (κ1) is 17.0. The molecule has 0 bridgehead atoms. The highest BCUT2D eigenvalue weighted by atomic mass is 16.3. The Morgan fingerprint density at radius 1 is 0.964 bits per heavy atom. The average Bonchev–Trinajstić information content (AvgIpc) is 3.07. The fraction of sp³-hybridized carbons (Fsp3) is 0.273. The summed E-state index contributed by atoms with van der Waals surface area (Å²) in [4.78, 5) is 21.8. The van der Waals surface area contributed by atoms with Crippen LogP contribution < -0.4 is 10.5 Å². The van der Waals surface area contributed by atoms with E-state index in [0.717, 1.165) is 59.6 Å². The van der Waals surface area contributed by atoms with E-state index in [4.69, 9.17) is 4.42 Å². The number of likely N-dealkylation sites (N-methyl/N-ethyl adjacent to an activating group) is 1. The SMILES string of the molecule is Cc1nc2ccc(-c3cc(=O)n4cc(N5CCN(C)CC5)ccc4c3)cc2o1. The minimum absolute atomic E-state index is 0.0303. The molecule has 0 saturated carbocycles. The van der Waals surface area contributed by atoms with Crippen LogP contribution in [0.5, 0.6) is 0 Å². The molecular weight excluding hydrogens is 352 g/mol. The summed E-state index contributed by atoms with van der Waals surface area (Å²) in [5, 5.41) is 0. The molecule has 28 heavy (non-hydrogen) atoms. The molecule has 0 unspecified atom stereocenters. The second-order valence-corrected chi connectivity index (χ2v) is 7.47. The van der Waals surface area contributed by atoms with E-state index in [2.05, 4.69) is 27.9 Å². The van der Waals surface area contributed by atoms with Crippen LogP contribution in [0.15, 0.2) is 57.9 Å². The summed E-state index contributed by atoms with van der Waals surface area (Å²) in [6.45, 7) is 5.86. The van der Waals surface area contributed by atoms with Gasteiger partial charge in [-0.15, -0.1) is 0 Å². The van der Waals surface area contributed by atoms with Gasteiger partial charge in [0.05, 0.1) is 5.69 Å². The first-order valence-corrected chi connectivity index (χ1v) is 9.54. The van der Waals surface area contributed by atoms with Crippen LogP contribution in [0.2, 0.25) is 0 Å². The summed E-state index contributed by atoms with van der Waals surface area (Å²) in [6.07, 6.45) is 1.95. The van der Waals surface area contributed by atoms with Crippen molar-refractivity contribution in [3.63, 3.8) is 0 Å². The Bertz CT molecular complexity index is 1230. The molecule has 5 rings (SSSR count). The van der Waals surface area contributed by atoms with Crippen molar-refractivity contribution in [2.75, 3.05) is 38.1 Å². The lowest BCUT2D eigenvalue weighted by Crippen LogP contribution is -2.44. The van der Waals surface area contributed by atoms with Gasteiger partial charge in [0.1, 0.15) is 5.52 Å². The Balaban J connectivity index is 1.54. The number of fused-ring (bicyclic) bond motifs is 2. The number of piperazine rings is 1. The predicted octanol–water partition coefficient (Wildman–Crippen LogP) is 3.17. The second kappa shape index (κ2) is 6.49. The Kier molecular flexibility index (Phi) is 3.94. The number of aromatic nitrogens is 2.